The zero-order valence-electron chi connectivity index (χ0n) is 11.2. The van der Waals surface area contributed by atoms with Crippen molar-refractivity contribution in [2.75, 3.05) is 13.2 Å². The van der Waals surface area contributed by atoms with E-state index < -0.39 is 0 Å². The molecule has 1 aliphatic heterocycles. The minimum atomic E-state index is -0.331. The van der Waals surface area contributed by atoms with Crippen LogP contribution in [-0.4, -0.2) is 25.1 Å². The Morgan fingerprint density at radius 3 is 2.30 bits per heavy atom. The average molecular weight is 317 g/mol. The smallest absolute Gasteiger partial charge is 0.168 e. The fourth-order valence-electron chi connectivity index (χ4n) is 2.85. The second kappa shape index (κ2) is 6.20. The molecule has 3 nitrogen and oxygen atoms in total. The third-order valence-corrected chi connectivity index (χ3v) is 4.74. The zero-order valence-corrected chi connectivity index (χ0v) is 12.8. The maximum Gasteiger partial charge on any atom is 0.168 e. The predicted octanol–water partition coefficient (Wildman–Crippen LogP) is 4.20. The summed E-state index contributed by atoms with van der Waals surface area (Å²) < 4.78 is 17.4. The minimum Gasteiger partial charge on any atom is -0.373 e. The van der Waals surface area contributed by atoms with Crippen LogP contribution in [0.15, 0.2) is 18.2 Å². The molecular weight excluding hydrogens is 299 g/mol. The first kappa shape index (κ1) is 14.6. The molecule has 0 amide bonds. The molecular formula is C15H18Cl2O3. The lowest BCUT2D eigenvalue weighted by atomic mass is 9.92. The van der Waals surface area contributed by atoms with E-state index in [1.165, 1.54) is 0 Å². The van der Waals surface area contributed by atoms with E-state index in [4.69, 9.17) is 37.4 Å². The predicted molar refractivity (Wildman–Crippen MR) is 78.1 cm³/mol. The Hall–Kier alpha value is -0.320. The Bertz CT molecular complexity index is 442. The van der Waals surface area contributed by atoms with Gasteiger partial charge in [-0.2, -0.15) is 0 Å². The lowest BCUT2D eigenvalue weighted by Crippen LogP contribution is -2.37. The van der Waals surface area contributed by atoms with E-state index in [9.17, 15) is 0 Å². The molecule has 0 unspecified atom stereocenters. The van der Waals surface area contributed by atoms with Crippen LogP contribution in [0.2, 0.25) is 10.0 Å². The van der Waals surface area contributed by atoms with Gasteiger partial charge in [0.05, 0.1) is 25.9 Å². The summed E-state index contributed by atoms with van der Waals surface area (Å²) in [6.45, 7) is 1.87. The maximum atomic E-state index is 6.14. The molecule has 1 heterocycles. The fourth-order valence-corrected chi connectivity index (χ4v) is 3.36. The summed E-state index contributed by atoms with van der Waals surface area (Å²) in [7, 11) is 0. The number of halogens is 2. The molecule has 20 heavy (non-hydrogen) atoms. The summed E-state index contributed by atoms with van der Waals surface area (Å²) in [4.78, 5) is 0. The lowest BCUT2D eigenvalue weighted by Gasteiger charge is -2.35. The van der Waals surface area contributed by atoms with E-state index >= 15 is 0 Å². The molecule has 0 N–H and O–H groups in total. The third kappa shape index (κ3) is 3.12. The van der Waals surface area contributed by atoms with E-state index in [0.717, 1.165) is 31.2 Å². The summed E-state index contributed by atoms with van der Waals surface area (Å²) in [5.41, 5.74) is 0.865. The van der Waals surface area contributed by atoms with Gasteiger partial charge in [0.25, 0.3) is 0 Å². The summed E-state index contributed by atoms with van der Waals surface area (Å²) in [6.07, 6.45) is 3.91. The van der Waals surface area contributed by atoms with Crippen LogP contribution in [0.5, 0.6) is 0 Å². The summed E-state index contributed by atoms with van der Waals surface area (Å²) in [6, 6.07) is 5.51. The van der Waals surface area contributed by atoms with Crippen molar-refractivity contribution < 1.29 is 14.2 Å². The molecule has 1 aromatic rings. The molecule has 2 aliphatic rings. The van der Waals surface area contributed by atoms with Crippen molar-refractivity contribution >= 4 is 23.2 Å². The lowest BCUT2D eigenvalue weighted by molar-refractivity contribution is -0.192. The zero-order chi connectivity index (χ0) is 14.0. The first-order valence-corrected chi connectivity index (χ1v) is 7.77. The van der Waals surface area contributed by atoms with Crippen LogP contribution in [0, 0.1) is 0 Å². The summed E-state index contributed by atoms with van der Waals surface area (Å²) in [5, 5.41) is 1.32. The molecule has 1 spiro atoms. The second-order valence-corrected chi connectivity index (χ2v) is 6.13. The van der Waals surface area contributed by atoms with Gasteiger partial charge in [-0.3, -0.25) is 0 Å². The molecule has 1 saturated carbocycles. The van der Waals surface area contributed by atoms with Crippen LogP contribution >= 0.6 is 23.2 Å². The first-order valence-electron chi connectivity index (χ1n) is 7.01. The van der Waals surface area contributed by atoms with Crippen LogP contribution in [0.3, 0.4) is 0 Å². The van der Waals surface area contributed by atoms with Crippen molar-refractivity contribution in [3.8, 4) is 0 Å². The second-order valence-electron chi connectivity index (χ2n) is 5.32. The van der Waals surface area contributed by atoms with Crippen LogP contribution in [0.4, 0.5) is 0 Å². The molecule has 3 rings (SSSR count). The van der Waals surface area contributed by atoms with Crippen molar-refractivity contribution in [3.63, 3.8) is 0 Å². The molecule has 0 atom stereocenters. The highest BCUT2D eigenvalue weighted by Gasteiger charge is 2.40. The molecule has 1 aromatic carbocycles. The molecule has 0 aromatic heterocycles. The van der Waals surface area contributed by atoms with E-state index in [2.05, 4.69) is 0 Å². The molecule has 1 aliphatic carbocycles. The molecule has 1 saturated heterocycles. The Morgan fingerprint density at radius 1 is 1.10 bits per heavy atom. The van der Waals surface area contributed by atoms with E-state index in [0.29, 0.717) is 29.9 Å². The van der Waals surface area contributed by atoms with Crippen LogP contribution in [0.1, 0.15) is 31.2 Å². The van der Waals surface area contributed by atoms with Crippen molar-refractivity contribution in [1.29, 1.82) is 0 Å². The van der Waals surface area contributed by atoms with Gasteiger partial charge in [0.2, 0.25) is 0 Å². The molecule has 110 valence electrons. The number of hydrogen-bond acceptors (Lipinski definition) is 3. The molecule has 5 heteroatoms. The average Bonchev–Trinajstić information content (AvgIpc) is 2.89. The van der Waals surface area contributed by atoms with Crippen molar-refractivity contribution in [1.82, 2.24) is 0 Å². The van der Waals surface area contributed by atoms with Gasteiger partial charge >= 0.3 is 0 Å². The monoisotopic (exact) mass is 316 g/mol. The maximum absolute atomic E-state index is 6.14. The first-order chi connectivity index (χ1) is 9.69. The van der Waals surface area contributed by atoms with Crippen molar-refractivity contribution in [3.05, 3.63) is 33.8 Å². The van der Waals surface area contributed by atoms with Crippen LogP contribution in [0.25, 0.3) is 0 Å². The third-order valence-electron chi connectivity index (χ3n) is 4.03. The van der Waals surface area contributed by atoms with Gasteiger partial charge in [-0.05, 0) is 25.0 Å². The molecule has 0 bridgehead atoms. The highest BCUT2D eigenvalue weighted by atomic mass is 35.5. The quantitative estimate of drug-likeness (QED) is 0.836. The molecule has 0 radical (unpaired) electrons. The largest absolute Gasteiger partial charge is 0.373 e. The van der Waals surface area contributed by atoms with E-state index in [1.807, 2.05) is 18.2 Å². The number of benzene rings is 1. The Labute approximate surface area is 129 Å². The van der Waals surface area contributed by atoms with Crippen molar-refractivity contribution in [2.45, 2.75) is 44.2 Å². The SMILES string of the molecule is Clc1cccc(Cl)c1COC1CCC2(CC1)OCCO2. The summed E-state index contributed by atoms with van der Waals surface area (Å²) >= 11 is 12.3. The number of hydrogen-bond donors (Lipinski definition) is 0. The molecule has 2 fully saturated rings. The van der Waals surface area contributed by atoms with Gasteiger partial charge in [0, 0.05) is 28.5 Å². The number of rotatable bonds is 3. The van der Waals surface area contributed by atoms with Gasteiger partial charge in [0.1, 0.15) is 0 Å². The standard InChI is InChI=1S/C15H18Cl2O3/c16-13-2-1-3-14(17)12(13)10-18-11-4-6-15(7-5-11)19-8-9-20-15/h1-3,11H,4-10H2. The summed E-state index contributed by atoms with van der Waals surface area (Å²) in [5.74, 6) is -0.331. The van der Waals surface area contributed by atoms with Crippen molar-refractivity contribution in [2.24, 2.45) is 0 Å². The highest BCUT2D eigenvalue weighted by Crippen LogP contribution is 2.37. The van der Waals surface area contributed by atoms with E-state index in [1.54, 1.807) is 0 Å². The minimum absolute atomic E-state index is 0.223. The van der Waals surface area contributed by atoms with Gasteiger partial charge in [0.15, 0.2) is 5.79 Å². The Kier molecular flexibility index (Phi) is 4.53. The van der Waals surface area contributed by atoms with Gasteiger partial charge in [-0.1, -0.05) is 29.3 Å². The highest BCUT2D eigenvalue weighted by molar-refractivity contribution is 6.35. The van der Waals surface area contributed by atoms with Crippen LogP contribution < -0.4 is 0 Å². The Morgan fingerprint density at radius 2 is 1.70 bits per heavy atom. The number of ether oxygens (including phenoxy) is 3. The van der Waals surface area contributed by atoms with Gasteiger partial charge in [-0.15, -0.1) is 0 Å². The Balaban J connectivity index is 1.53. The van der Waals surface area contributed by atoms with Gasteiger partial charge in [-0.25, -0.2) is 0 Å². The topological polar surface area (TPSA) is 27.7 Å². The van der Waals surface area contributed by atoms with E-state index in [-0.39, 0.29) is 11.9 Å². The fraction of sp³-hybridized carbons (Fsp3) is 0.600. The van der Waals surface area contributed by atoms with Gasteiger partial charge < -0.3 is 14.2 Å². The van der Waals surface area contributed by atoms with Crippen LogP contribution in [-0.2, 0) is 20.8 Å². The normalized spacial score (nSPS) is 22.5.